The Morgan fingerprint density at radius 2 is 1.54 bits per heavy atom. The van der Waals surface area contributed by atoms with E-state index in [2.05, 4.69) is 0 Å². The van der Waals surface area contributed by atoms with Gasteiger partial charge in [0.05, 0.1) is 29.0 Å². The lowest BCUT2D eigenvalue weighted by Gasteiger charge is -2.35. The van der Waals surface area contributed by atoms with E-state index in [9.17, 15) is 14.4 Å². The van der Waals surface area contributed by atoms with Crippen molar-refractivity contribution in [2.24, 2.45) is 0 Å². The SMILES string of the molecule is Cc1ccc(N2C(=O)c3ccc(C(=O)N4C[C@@H](C)O[C@@H](C)C4)cc3C2=O)cc1. The fraction of sp³-hybridized carbons (Fsp3) is 0.318. The number of nitrogens with zero attached hydrogens (tertiary/aromatic N) is 2. The van der Waals surface area contributed by atoms with E-state index >= 15 is 0 Å². The molecule has 144 valence electrons. The number of carbonyl (C=O) groups is 3. The normalized spacial score (nSPS) is 21.8. The number of ether oxygens (including phenoxy) is 1. The van der Waals surface area contributed by atoms with Gasteiger partial charge in [-0.15, -0.1) is 0 Å². The molecule has 4 rings (SSSR count). The summed E-state index contributed by atoms with van der Waals surface area (Å²) in [5, 5.41) is 0. The van der Waals surface area contributed by atoms with Crippen LogP contribution in [0.4, 0.5) is 5.69 Å². The lowest BCUT2D eigenvalue weighted by Crippen LogP contribution is -2.48. The third-order valence-electron chi connectivity index (χ3n) is 5.13. The summed E-state index contributed by atoms with van der Waals surface area (Å²) in [6.07, 6.45) is -0.0790. The summed E-state index contributed by atoms with van der Waals surface area (Å²) in [4.78, 5) is 41.5. The van der Waals surface area contributed by atoms with Crippen LogP contribution >= 0.6 is 0 Å². The van der Waals surface area contributed by atoms with Crippen LogP contribution in [0.3, 0.4) is 0 Å². The first-order chi connectivity index (χ1) is 13.3. The van der Waals surface area contributed by atoms with E-state index in [1.807, 2.05) is 32.9 Å². The van der Waals surface area contributed by atoms with Crippen LogP contribution in [-0.2, 0) is 4.74 Å². The van der Waals surface area contributed by atoms with Crippen LogP contribution in [0.5, 0.6) is 0 Å². The Labute approximate surface area is 163 Å². The fourth-order valence-electron chi connectivity index (χ4n) is 3.83. The van der Waals surface area contributed by atoms with E-state index in [1.54, 1.807) is 29.2 Å². The average Bonchev–Trinajstić information content (AvgIpc) is 2.91. The van der Waals surface area contributed by atoms with E-state index < -0.39 is 5.91 Å². The summed E-state index contributed by atoms with van der Waals surface area (Å²) in [6, 6.07) is 11.9. The predicted octanol–water partition coefficient (Wildman–Crippen LogP) is 3.05. The Morgan fingerprint density at radius 3 is 2.18 bits per heavy atom. The van der Waals surface area contributed by atoms with Gasteiger partial charge in [-0.2, -0.15) is 0 Å². The number of amides is 3. The molecule has 2 heterocycles. The van der Waals surface area contributed by atoms with Crippen molar-refractivity contribution in [3.05, 3.63) is 64.7 Å². The summed E-state index contributed by atoms with van der Waals surface area (Å²) >= 11 is 0. The zero-order valence-electron chi connectivity index (χ0n) is 16.1. The minimum absolute atomic E-state index is 0.0395. The smallest absolute Gasteiger partial charge is 0.266 e. The van der Waals surface area contributed by atoms with Crippen molar-refractivity contribution in [1.82, 2.24) is 4.90 Å². The number of carbonyl (C=O) groups excluding carboxylic acids is 3. The molecule has 0 aromatic heterocycles. The van der Waals surface area contributed by atoms with Gasteiger partial charge in [-0.1, -0.05) is 17.7 Å². The maximum atomic E-state index is 12.9. The van der Waals surface area contributed by atoms with Crippen LogP contribution in [0, 0.1) is 6.92 Å². The molecule has 0 radical (unpaired) electrons. The van der Waals surface area contributed by atoms with Crippen molar-refractivity contribution in [1.29, 1.82) is 0 Å². The van der Waals surface area contributed by atoms with Crippen LogP contribution in [-0.4, -0.2) is 47.9 Å². The Bertz CT molecular complexity index is 957. The second-order valence-electron chi connectivity index (χ2n) is 7.51. The molecule has 2 atom stereocenters. The Kier molecular flexibility index (Phi) is 4.51. The van der Waals surface area contributed by atoms with Gasteiger partial charge in [-0.05, 0) is 51.1 Å². The van der Waals surface area contributed by atoms with Gasteiger partial charge in [0.15, 0.2) is 0 Å². The first-order valence-electron chi connectivity index (χ1n) is 9.39. The van der Waals surface area contributed by atoms with Crippen LogP contribution < -0.4 is 4.90 Å². The zero-order chi connectivity index (χ0) is 20.0. The number of aryl methyl sites for hydroxylation is 1. The molecule has 6 heteroatoms. The Balaban J connectivity index is 1.63. The maximum absolute atomic E-state index is 12.9. The van der Waals surface area contributed by atoms with Crippen molar-refractivity contribution in [3.63, 3.8) is 0 Å². The summed E-state index contributed by atoms with van der Waals surface area (Å²) < 4.78 is 5.68. The molecule has 0 spiro atoms. The van der Waals surface area contributed by atoms with Crippen molar-refractivity contribution >= 4 is 23.4 Å². The molecule has 1 fully saturated rings. The van der Waals surface area contributed by atoms with Crippen LogP contribution in [0.15, 0.2) is 42.5 Å². The first-order valence-corrected chi connectivity index (χ1v) is 9.39. The van der Waals surface area contributed by atoms with Gasteiger partial charge < -0.3 is 9.64 Å². The lowest BCUT2D eigenvalue weighted by molar-refractivity contribution is -0.0586. The molecule has 0 aliphatic carbocycles. The molecule has 2 aliphatic rings. The maximum Gasteiger partial charge on any atom is 0.266 e. The number of hydrogen-bond donors (Lipinski definition) is 0. The van der Waals surface area contributed by atoms with Gasteiger partial charge in [0.1, 0.15) is 0 Å². The first kappa shape index (κ1) is 18.4. The number of fused-ring (bicyclic) bond motifs is 1. The lowest BCUT2D eigenvalue weighted by atomic mass is 10.0. The highest BCUT2D eigenvalue weighted by Gasteiger charge is 2.37. The molecular formula is C22H22N2O4. The quantitative estimate of drug-likeness (QED) is 0.754. The molecule has 0 bridgehead atoms. The molecule has 2 aliphatic heterocycles. The van der Waals surface area contributed by atoms with Crippen molar-refractivity contribution in [2.45, 2.75) is 33.0 Å². The minimum atomic E-state index is -0.401. The van der Waals surface area contributed by atoms with Crippen LogP contribution in [0.1, 0.15) is 50.5 Å². The second kappa shape index (κ2) is 6.87. The van der Waals surface area contributed by atoms with Crippen molar-refractivity contribution in [2.75, 3.05) is 18.0 Å². The van der Waals surface area contributed by atoms with Gasteiger partial charge in [-0.3, -0.25) is 14.4 Å². The summed E-state index contributed by atoms with van der Waals surface area (Å²) in [5.41, 5.74) is 2.58. The highest BCUT2D eigenvalue weighted by atomic mass is 16.5. The Morgan fingerprint density at radius 1 is 0.929 bits per heavy atom. The van der Waals surface area contributed by atoms with Gasteiger partial charge in [0.25, 0.3) is 17.7 Å². The Hall–Kier alpha value is -2.99. The molecule has 3 amide bonds. The largest absolute Gasteiger partial charge is 0.372 e. The molecule has 28 heavy (non-hydrogen) atoms. The van der Waals surface area contributed by atoms with E-state index in [1.165, 1.54) is 6.07 Å². The highest BCUT2D eigenvalue weighted by molar-refractivity contribution is 6.34. The standard InChI is InChI=1S/C22H22N2O4/c1-13-4-7-17(8-5-13)24-21(26)18-9-6-16(10-19(18)22(24)27)20(25)23-11-14(2)28-15(3)12-23/h4-10,14-15H,11-12H2,1-3H3/t14-,15+. The van der Waals surface area contributed by atoms with E-state index in [-0.39, 0.29) is 29.6 Å². The van der Waals surface area contributed by atoms with Crippen molar-refractivity contribution < 1.29 is 19.1 Å². The predicted molar refractivity (Wildman–Crippen MR) is 105 cm³/mol. The monoisotopic (exact) mass is 378 g/mol. The van der Waals surface area contributed by atoms with Gasteiger partial charge in [-0.25, -0.2) is 4.90 Å². The number of rotatable bonds is 2. The van der Waals surface area contributed by atoms with Gasteiger partial charge in [0.2, 0.25) is 0 Å². The van der Waals surface area contributed by atoms with E-state index in [4.69, 9.17) is 4.74 Å². The number of anilines is 1. The van der Waals surface area contributed by atoms with Crippen molar-refractivity contribution in [3.8, 4) is 0 Å². The minimum Gasteiger partial charge on any atom is -0.372 e. The van der Waals surface area contributed by atoms with Gasteiger partial charge >= 0.3 is 0 Å². The molecule has 1 saturated heterocycles. The third-order valence-corrected chi connectivity index (χ3v) is 5.13. The third kappa shape index (κ3) is 3.10. The molecule has 2 aromatic rings. The highest BCUT2D eigenvalue weighted by Crippen LogP contribution is 2.29. The van der Waals surface area contributed by atoms with E-state index in [0.29, 0.717) is 29.9 Å². The molecular weight excluding hydrogens is 356 g/mol. The average molecular weight is 378 g/mol. The van der Waals surface area contributed by atoms with Crippen LogP contribution in [0.25, 0.3) is 0 Å². The number of imide groups is 1. The summed E-state index contributed by atoms with van der Waals surface area (Å²) in [6.45, 7) is 6.81. The fourth-order valence-corrected chi connectivity index (χ4v) is 3.83. The topological polar surface area (TPSA) is 66.9 Å². The molecule has 0 saturated carbocycles. The summed E-state index contributed by atoms with van der Waals surface area (Å²) in [7, 11) is 0. The molecule has 0 unspecified atom stereocenters. The van der Waals surface area contributed by atoms with E-state index in [0.717, 1.165) is 10.5 Å². The van der Waals surface area contributed by atoms with Crippen LogP contribution in [0.2, 0.25) is 0 Å². The molecule has 0 N–H and O–H groups in total. The summed E-state index contributed by atoms with van der Waals surface area (Å²) in [5.74, 6) is -0.919. The second-order valence-corrected chi connectivity index (χ2v) is 7.51. The number of morpholine rings is 1. The van der Waals surface area contributed by atoms with Gasteiger partial charge in [0, 0.05) is 18.7 Å². The number of hydrogen-bond acceptors (Lipinski definition) is 4. The molecule has 6 nitrogen and oxygen atoms in total. The molecule has 2 aromatic carbocycles. The number of benzene rings is 2. The zero-order valence-corrected chi connectivity index (χ0v) is 16.1.